The summed E-state index contributed by atoms with van der Waals surface area (Å²) in [7, 11) is 0. The number of fused-ring (bicyclic) bond motifs is 10. The number of nitrogens with two attached hydrogens (primary N) is 1. The summed E-state index contributed by atoms with van der Waals surface area (Å²) in [5.74, 6) is 0. The molecule has 0 amide bonds. The van der Waals surface area contributed by atoms with Crippen molar-refractivity contribution in [3.63, 3.8) is 0 Å². The van der Waals surface area contributed by atoms with Crippen LogP contribution in [0.4, 0.5) is 17.1 Å². The number of nitrogen functional groups attached to an aromatic ring is 1. The predicted octanol–water partition coefficient (Wildman–Crippen LogP) is 7.77. The van der Waals surface area contributed by atoms with Crippen LogP contribution < -0.4 is 10.6 Å². The van der Waals surface area contributed by atoms with Crippen LogP contribution in [-0.2, 0) is 5.41 Å². The summed E-state index contributed by atoms with van der Waals surface area (Å²) in [4.78, 5) is 2.36. The van der Waals surface area contributed by atoms with E-state index in [1.165, 1.54) is 50.2 Å². The van der Waals surface area contributed by atoms with E-state index in [4.69, 9.17) is 5.73 Å². The SMILES string of the molecule is CCN(c1ccccc1N)c1cccc2c1-c1ccccc1C21c2ccccc2-c2ccccc21. The minimum atomic E-state index is -0.323. The fraction of sp³-hybridized carbons (Fsp3) is 0.0909. The Balaban J connectivity index is 1.61. The van der Waals surface area contributed by atoms with Gasteiger partial charge in [0, 0.05) is 17.8 Å². The summed E-state index contributed by atoms with van der Waals surface area (Å²) in [5.41, 5.74) is 19.9. The summed E-state index contributed by atoms with van der Waals surface area (Å²) >= 11 is 0. The van der Waals surface area contributed by atoms with Gasteiger partial charge < -0.3 is 10.6 Å². The van der Waals surface area contributed by atoms with E-state index in [1.807, 2.05) is 12.1 Å². The fourth-order valence-corrected chi connectivity index (χ4v) is 6.55. The second kappa shape index (κ2) is 7.35. The second-order valence-electron chi connectivity index (χ2n) is 9.39. The van der Waals surface area contributed by atoms with E-state index in [0.29, 0.717) is 0 Å². The summed E-state index contributed by atoms with van der Waals surface area (Å²) in [5, 5.41) is 0. The molecule has 1 spiro atoms. The highest BCUT2D eigenvalue weighted by Crippen LogP contribution is 2.64. The van der Waals surface area contributed by atoms with Gasteiger partial charge in [0.1, 0.15) is 0 Å². The summed E-state index contributed by atoms with van der Waals surface area (Å²) in [6, 6.07) is 41.8. The Bertz CT molecular complexity index is 1570. The molecule has 0 unspecified atom stereocenters. The molecule has 2 heteroatoms. The Hall–Kier alpha value is -4.30. The fourth-order valence-electron chi connectivity index (χ4n) is 6.55. The van der Waals surface area contributed by atoms with Crippen molar-refractivity contribution < 1.29 is 0 Å². The standard InChI is InChI=1S/C33H26N2/c1-2-35(30-20-10-9-19-29(30)34)31-21-11-18-28-32(31)24-14-5-8-17-27(24)33(28)25-15-6-3-12-22(25)23-13-4-7-16-26(23)33/h3-21H,2,34H2,1H3. The predicted molar refractivity (Wildman–Crippen MR) is 146 cm³/mol. The van der Waals surface area contributed by atoms with Gasteiger partial charge in [0.15, 0.2) is 0 Å². The van der Waals surface area contributed by atoms with Crippen LogP contribution >= 0.6 is 0 Å². The van der Waals surface area contributed by atoms with Crippen LogP contribution in [0.15, 0.2) is 115 Å². The number of anilines is 3. The number of hydrogen-bond acceptors (Lipinski definition) is 2. The molecule has 2 N–H and O–H groups in total. The monoisotopic (exact) mass is 450 g/mol. The molecule has 2 nitrogen and oxygen atoms in total. The average molecular weight is 451 g/mol. The Morgan fingerprint density at radius 1 is 0.543 bits per heavy atom. The van der Waals surface area contributed by atoms with Crippen LogP contribution in [0.25, 0.3) is 22.3 Å². The zero-order chi connectivity index (χ0) is 23.6. The number of benzene rings is 5. The van der Waals surface area contributed by atoms with Crippen LogP contribution in [0.5, 0.6) is 0 Å². The van der Waals surface area contributed by atoms with Crippen LogP contribution in [0, 0.1) is 0 Å². The van der Waals surface area contributed by atoms with Gasteiger partial charge in [0.25, 0.3) is 0 Å². The highest BCUT2D eigenvalue weighted by molar-refractivity contribution is 6.00. The third-order valence-electron chi connectivity index (χ3n) is 7.83. The van der Waals surface area contributed by atoms with Gasteiger partial charge in [0.05, 0.1) is 16.8 Å². The molecule has 0 atom stereocenters. The van der Waals surface area contributed by atoms with Crippen molar-refractivity contribution >= 4 is 17.1 Å². The number of para-hydroxylation sites is 2. The lowest BCUT2D eigenvalue weighted by atomic mass is 9.70. The molecule has 0 aromatic heterocycles. The lowest BCUT2D eigenvalue weighted by Crippen LogP contribution is -2.26. The van der Waals surface area contributed by atoms with Crippen LogP contribution in [0.3, 0.4) is 0 Å². The smallest absolute Gasteiger partial charge is 0.0726 e. The highest BCUT2D eigenvalue weighted by Gasteiger charge is 2.52. The number of nitrogens with zero attached hydrogens (tertiary/aromatic N) is 1. The number of rotatable bonds is 3. The first-order valence-electron chi connectivity index (χ1n) is 12.3. The quantitative estimate of drug-likeness (QED) is 0.279. The molecule has 35 heavy (non-hydrogen) atoms. The van der Waals surface area contributed by atoms with Crippen molar-refractivity contribution in [1.29, 1.82) is 0 Å². The topological polar surface area (TPSA) is 29.3 Å². The van der Waals surface area contributed by atoms with E-state index in [9.17, 15) is 0 Å². The van der Waals surface area contributed by atoms with E-state index >= 15 is 0 Å². The lowest BCUT2D eigenvalue weighted by Gasteiger charge is -2.31. The molecule has 0 saturated heterocycles. The zero-order valence-corrected chi connectivity index (χ0v) is 19.7. The molecule has 7 rings (SSSR count). The first kappa shape index (κ1) is 20.1. The summed E-state index contributed by atoms with van der Waals surface area (Å²) in [6.45, 7) is 3.02. The van der Waals surface area contributed by atoms with E-state index in [0.717, 1.165) is 17.9 Å². The van der Waals surface area contributed by atoms with Gasteiger partial charge in [0.2, 0.25) is 0 Å². The molecular weight excluding hydrogens is 424 g/mol. The van der Waals surface area contributed by atoms with E-state index < -0.39 is 0 Å². The van der Waals surface area contributed by atoms with Gasteiger partial charge >= 0.3 is 0 Å². The minimum absolute atomic E-state index is 0.323. The van der Waals surface area contributed by atoms with Gasteiger partial charge in [-0.2, -0.15) is 0 Å². The van der Waals surface area contributed by atoms with Crippen molar-refractivity contribution in [1.82, 2.24) is 0 Å². The molecule has 2 aliphatic rings. The molecule has 0 aliphatic heterocycles. The first-order chi connectivity index (χ1) is 17.3. The minimum Gasteiger partial charge on any atom is -0.397 e. The van der Waals surface area contributed by atoms with Crippen LogP contribution in [0.1, 0.15) is 29.2 Å². The molecule has 0 radical (unpaired) electrons. The third-order valence-corrected chi connectivity index (χ3v) is 7.83. The molecular formula is C33H26N2. The molecule has 5 aromatic rings. The maximum atomic E-state index is 6.47. The van der Waals surface area contributed by atoms with Crippen LogP contribution in [-0.4, -0.2) is 6.54 Å². The van der Waals surface area contributed by atoms with E-state index in [-0.39, 0.29) is 5.41 Å². The first-order valence-corrected chi connectivity index (χ1v) is 12.3. The Labute approximate surface area is 206 Å². The molecule has 0 bridgehead atoms. The van der Waals surface area contributed by atoms with E-state index in [2.05, 4.69) is 115 Å². The Morgan fingerprint density at radius 2 is 1.03 bits per heavy atom. The molecule has 168 valence electrons. The second-order valence-corrected chi connectivity index (χ2v) is 9.39. The zero-order valence-electron chi connectivity index (χ0n) is 19.7. The van der Waals surface area contributed by atoms with E-state index in [1.54, 1.807) is 0 Å². The maximum Gasteiger partial charge on any atom is 0.0726 e. The summed E-state index contributed by atoms with van der Waals surface area (Å²) < 4.78 is 0. The Kier molecular flexibility index (Phi) is 4.22. The largest absolute Gasteiger partial charge is 0.397 e. The van der Waals surface area contributed by atoms with Gasteiger partial charge in [-0.15, -0.1) is 0 Å². The van der Waals surface area contributed by atoms with Gasteiger partial charge in [-0.3, -0.25) is 0 Å². The van der Waals surface area contributed by atoms with Gasteiger partial charge in [-0.25, -0.2) is 0 Å². The molecule has 0 saturated carbocycles. The molecule has 0 fully saturated rings. The van der Waals surface area contributed by atoms with Gasteiger partial charge in [-0.1, -0.05) is 97.1 Å². The normalized spacial score (nSPS) is 13.7. The van der Waals surface area contributed by atoms with Crippen molar-refractivity contribution in [2.75, 3.05) is 17.2 Å². The van der Waals surface area contributed by atoms with Crippen molar-refractivity contribution in [2.24, 2.45) is 0 Å². The van der Waals surface area contributed by atoms with Crippen molar-refractivity contribution in [3.05, 3.63) is 138 Å². The van der Waals surface area contributed by atoms with Crippen molar-refractivity contribution in [2.45, 2.75) is 12.3 Å². The Morgan fingerprint density at radius 3 is 1.66 bits per heavy atom. The molecule has 5 aromatic carbocycles. The highest BCUT2D eigenvalue weighted by atomic mass is 15.1. The van der Waals surface area contributed by atoms with Crippen LogP contribution in [0.2, 0.25) is 0 Å². The van der Waals surface area contributed by atoms with Crippen molar-refractivity contribution in [3.8, 4) is 22.3 Å². The lowest BCUT2D eigenvalue weighted by molar-refractivity contribution is 0.793. The summed E-state index contributed by atoms with van der Waals surface area (Å²) in [6.07, 6.45) is 0. The third kappa shape index (κ3) is 2.49. The maximum absolute atomic E-state index is 6.47. The molecule has 2 aliphatic carbocycles. The number of hydrogen-bond donors (Lipinski definition) is 1. The molecule has 0 heterocycles. The average Bonchev–Trinajstić information content (AvgIpc) is 3.38. The van der Waals surface area contributed by atoms with Gasteiger partial charge in [-0.05, 0) is 64.1 Å².